The van der Waals surface area contributed by atoms with E-state index in [0.29, 0.717) is 6.54 Å². The van der Waals surface area contributed by atoms with Crippen molar-refractivity contribution in [2.75, 3.05) is 24.5 Å². The molecule has 0 radical (unpaired) electrons. The summed E-state index contributed by atoms with van der Waals surface area (Å²) in [5, 5.41) is 3.39. The maximum absolute atomic E-state index is 13.5. The van der Waals surface area contributed by atoms with Crippen LogP contribution in [0.5, 0.6) is 0 Å². The lowest BCUT2D eigenvalue weighted by Crippen LogP contribution is -2.27. The number of nitrogens with one attached hydrogen (secondary N) is 1. The van der Waals surface area contributed by atoms with E-state index in [9.17, 15) is 4.39 Å². The molecule has 1 aromatic rings. The lowest BCUT2D eigenvalue weighted by molar-refractivity contribution is 0.561. The van der Waals surface area contributed by atoms with Gasteiger partial charge in [0.05, 0.1) is 6.54 Å². The number of anilines is 1. The molecule has 0 aromatic heterocycles. The minimum Gasteiger partial charge on any atom is -0.360 e. The second-order valence-electron chi connectivity index (χ2n) is 4.60. The third-order valence-electron chi connectivity index (χ3n) is 3.16. The molecular formula is C16H23FN2. The highest BCUT2D eigenvalue weighted by Crippen LogP contribution is 2.27. The quantitative estimate of drug-likeness (QED) is 0.758. The van der Waals surface area contributed by atoms with Gasteiger partial charge in [-0.05, 0) is 50.6 Å². The van der Waals surface area contributed by atoms with E-state index in [0.717, 1.165) is 30.8 Å². The number of nitrogens with zero attached hydrogens (tertiary/aromatic N) is 1. The van der Waals surface area contributed by atoms with E-state index in [-0.39, 0.29) is 11.9 Å². The molecule has 1 atom stereocenters. The maximum Gasteiger partial charge on any atom is 0.123 e. The first-order valence-corrected chi connectivity index (χ1v) is 6.85. The first-order chi connectivity index (χ1) is 9.13. The van der Waals surface area contributed by atoms with Crippen LogP contribution in [-0.4, -0.2) is 19.6 Å². The van der Waals surface area contributed by atoms with Crippen molar-refractivity contribution in [3.8, 4) is 12.3 Å². The summed E-state index contributed by atoms with van der Waals surface area (Å²) in [5.41, 5.74) is 1.98. The lowest BCUT2D eigenvalue weighted by Gasteiger charge is -2.26. The van der Waals surface area contributed by atoms with E-state index in [1.165, 1.54) is 6.07 Å². The van der Waals surface area contributed by atoms with Crippen molar-refractivity contribution in [1.29, 1.82) is 0 Å². The van der Waals surface area contributed by atoms with Crippen LogP contribution in [0.2, 0.25) is 0 Å². The van der Waals surface area contributed by atoms with Gasteiger partial charge < -0.3 is 10.2 Å². The zero-order valence-electron chi connectivity index (χ0n) is 12.0. The molecule has 0 spiro atoms. The third-order valence-corrected chi connectivity index (χ3v) is 3.16. The molecule has 0 saturated carbocycles. The van der Waals surface area contributed by atoms with E-state index in [4.69, 9.17) is 6.42 Å². The standard InChI is InChI=1S/C16H23FN2/c1-5-10-18-13(4)15-12-14(17)8-9-16(15)19(7-3)11-6-2/h2,8-9,12-13,18H,5,7,10-11H2,1,3-4H3. The van der Waals surface area contributed by atoms with Gasteiger partial charge in [-0.2, -0.15) is 0 Å². The number of hydrogen-bond acceptors (Lipinski definition) is 2. The number of rotatable bonds is 7. The molecular weight excluding hydrogens is 239 g/mol. The summed E-state index contributed by atoms with van der Waals surface area (Å²) in [4.78, 5) is 2.08. The fourth-order valence-electron chi connectivity index (χ4n) is 2.11. The topological polar surface area (TPSA) is 15.3 Å². The highest BCUT2D eigenvalue weighted by atomic mass is 19.1. The molecule has 0 amide bonds. The molecule has 0 fully saturated rings. The van der Waals surface area contributed by atoms with E-state index >= 15 is 0 Å². The van der Waals surface area contributed by atoms with Gasteiger partial charge in [0.2, 0.25) is 0 Å². The van der Waals surface area contributed by atoms with Gasteiger partial charge in [0.15, 0.2) is 0 Å². The van der Waals surface area contributed by atoms with Crippen molar-refractivity contribution >= 4 is 5.69 Å². The van der Waals surface area contributed by atoms with Crippen molar-refractivity contribution < 1.29 is 4.39 Å². The zero-order chi connectivity index (χ0) is 14.3. The average molecular weight is 262 g/mol. The van der Waals surface area contributed by atoms with Gasteiger partial charge in [0.25, 0.3) is 0 Å². The van der Waals surface area contributed by atoms with Gasteiger partial charge in [-0.25, -0.2) is 4.39 Å². The highest BCUT2D eigenvalue weighted by molar-refractivity contribution is 5.55. The SMILES string of the molecule is C#CCN(CC)c1ccc(F)cc1C(C)NCCC. The van der Waals surface area contributed by atoms with Crippen LogP contribution in [0.25, 0.3) is 0 Å². The Balaban J connectivity index is 3.06. The molecule has 1 aromatic carbocycles. The Morgan fingerprint density at radius 2 is 2.16 bits per heavy atom. The lowest BCUT2D eigenvalue weighted by atomic mass is 10.0. The van der Waals surface area contributed by atoms with Crippen molar-refractivity contribution in [2.45, 2.75) is 33.2 Å². The number of benzene rings is 1. The molecule has 1 N–H and O–H groups in total. The summed E-state index contributed by atoms with van der Waals surface area (Å²) >= 11 is 0. The minimum absolute atomic E-state index is 0.109. The van der Waals surface area contributed by atoms with Crippen LogP contribution in [-0.2, 0) is 0 Å². The van der Waals surface area contributed by atoms with Gasteiger partial charge >= 0.3 is 0 Å². The van der Waals surface area contributed by atoms with Gasteiger partial charge in [-0.15, -0.1) is 6.42 Å². The van der Waals surface area contributed by atoms with Crippen molar-refractivity contribution in [2.24, 2.45) is 0 Å². The zero-order valence-corrected chi connectivity index (χ0v) is 12.0. The van der Waals surface area contributed by atoms with Crippen LogP contribution in [0.4, 0.5) is 10.1 Å². The Labute approximate surface area is 116 Å². The molecule has 0 saturated heterocycles. The summed E-state index contributed by atoms with van der Waals surface area (Å²) in [6.45, 7) is 8.48. The summed E-state index contributed by atoms with van der Waals surface area (Å²) in [7, 11) is 0. The molecule has 1 unspecified atom stereocenters. The third kappa shape index (κ3) is 4.25. The Morgan fingerprint density at radius 1 is 1.42 bits per heavy atom. The Hall–Kier alpha value is -1.53. The normalized spacial score (nSPS) is 11.9. The van der Waals surface area contributed by atoms with Crippen LogP contribution in [0.3, 0.4) is 0 Å². The predicted molar refractivity (Wildman–Crippen MR) is 79.8 cm³/mol. The Morgan fingerprint density at radius 3 is 2.74 bits per heavy atom. The number of hydrogen-bond donors (Lipinski definition) is 1. The van der Waals surface area contributed by atoms with Gasteiger partial charge in [-0.1, -0.05) is 12.8 Å². The summed E-state index contributed by atoms with van der Waals surface area (Å²) in [6.07, 6.45) is 6.45. The van der Waals surface area contributed by atoms with Crippen molar-refractivity contribution in [3.63, 3.8) is 0 Å². The number of terminal acetylenes is 1. The van der Waals surface area contributed by atoms with Crippen LogP contribution in [0.15, 0.2) is 18.2 Å². The Bertz CT molecular complexity index is 437. The van der Waals surface area contributed by atoms with Gasteiger partial charge in [-0.3, -0.25) is 0 Å². The summed E-state index contributed by atoms with van der Waals surface area (Å²) < 4.78 is 13.5. The maximum atomic E-state index is 13.5. The number of halogens is 1. The molecule has 3 heteroatoms. The average Bonchev–Trinajstić information content (AvgIpc) is 2.42. The molecule has 1 rings (SSSR count). The van der Waals surface area contributed by atoms with Crippen LogP contribution < -0.4 is 10.2 Å². The van der Waals surface area contributed by atoms with Gasteiger partial charge in [0, 0.05) is 18.3 Å². The van der Waals surface area contributed by atoms with Crippen LogP contribution in [0.1, 0.15) is 38.8 Å². The second kappa shape index (κ2) is 7.81. The van der Waals surface area contributed by atoms with E-state index in [2.05, 4.69) is 36.9 Å². The van der Waals surface area contributed by atoms with Crippen molar-refractivity contribution in [3.05, 3.63) is 29.6 Å². The van der Waals surface area contributed by atoms with Crippen molar-refractivity contribution in [1.82, 2.24) is 5.32 Å². The first kappa shape index (κ1) is 15.5. The van der Waals surface area contributed by atoms with E-state index in [1.807, 2.05) is 6.07 Å². The molecule has 19 heavy (non-hydrogen) atoms. The van der Waals surface area contributed by atoms with E-state index in [1.54, 1.807) is 6.07 Å². The fraction of sp³-hybridized carbons (Fsp3) is 0.500. The van der Waals surface area contributed by atoms with Crippen LogP contribution in [0, 0.1) is 18.2 Å². The smallest absolute Gasteiger partial charge is 0.123 e. The Kier molecular flexibility index (Phi) is 6.38. The molecule has 104 valence electrons. The molecule has 0 bridgehead atoms. The van der Waals surface area contributed by atoms with Gasteiger partial charge in [0.1, 0.15) is 5.82 Å². The fourth-order valence-corrected chi connectivity index (χ4v) is 2.11. The molecule has 0 aliphatic heterocycles. The molecule has 0 aliphatic rings. The summed E-state index contributed by atoms with van der Waals surface area (Å²) in [6, 6.07) is 5.01. The highest BCUT2D eigenvalue weighted by Gasteiger charge is 2.15. The van der Waals surface area contributed by atoms with Crippen LogP contribution >= 0.6 is 0 Å². The predicted octanol–water partition coefficient (Wildman–Crippen LogP) is 3.35. The molecule has 0 heterocycles. The largest absolute Gasteiger partial charge is 0.360 e. The second-order valence-corrected chi connectivity index (χ2v) is 4.60. The minimum atomic E-state index is -0.208. The first-order valence-electron chi connectivity index (χ1n) is 6.85. The van der Waals surface area contributed by atoms with E-state index < -0.39 is 0 Å². The monoisotopic (exact) mass is 262 g/mol. The summed E-state index contributed by atoms with van der Waals surface area (Å²) in [5.74, 6) is 2.45. The molecule has 2 nitrogen and oxygen atoms in total. The molecule has 0 aliphatic carbocycles.